The molecular formula is C17H25NO2. The zero-order valence-corrected chi connectivity index (χ0v) is 12.6. The summed E-state index contributed by atoms with van der Waals surface area (Å²) < 4.78 is 5.43. The summed E-state index contributed by atoms with van der Waals surface area (Å²) >= 11 is 0. The van der Waals surface area contributed by atoms with E-state index in [0.717, 1.165) is 18.8 Å². The maximum atomic E-state index is 9.96. The van der Waals surface area contributed by atoms with E-state index in [2.05, 4.69) is 17.9 Å². The van der Waals surface area contributed by atoms with Crippen LogP contribution in [0.2, 0.25) is 0 Å². The fourth-order valence-corrected chi connectivity index (χ4v) is 4.10. The van der Waals surface area contributed by atoms with Crippen molar-refractivity contribution in [2.45, 2.75) is 45.1 Å². The number of nitrogens with zero attached hydrogens (tertiary/aromatic N) is 1. The van der Waals surface area contributed by atoms with Crippen molar-refractivity contribution in [3.05, 3.63) is 23.3 Å². The number of benzene rings is 1. The summed E-state index contributed by atoms with van der Waals surface area (Å²) in [4.78, 5) is 2.68. The van der Waals surface area contributed by atoms with Crippen LogP contribution in [0.1, 0.15) is 37.3 Å². The minimum Gasteiger partial charge on any atom is -0.504 e. The van der Waals surface area contributed by atoms with Crippen LogP contribution < -0.4 is 4.74 Å². The highest BCUT2D eigenvalue weighted by molar-refractivity contribution is 5.51. The largest absolute Gasteiger partial charge is 0.504 e. The second-order valence-corrected chi connectivity index (χ2v) is 6.17. The highest BCUT2D eigenvalue weighted by Gasteiger charge is 2.36. The highest BCUT2D eigenvalue weighted by atomic mass is 16.5. The predicted molar refractivity (Wildman–Crippen MR) is 80.4 cm³/mol. The lowest BCUT2D eigenvalue weighted by molar-refractivity contribution is 0.0848. The van der Waals surface area contributed by atoms with Gasteiger partial charge in [0.25, 0.3) is 0 Å². The van der Waals surface area contributed by atoms with Crippen molar-refractivity contribution in [2.24, 2.45) is 5.92 Å². The number of fused-ring (bicyclic) bond motifs is 2. The Morgan fingerprint density at radius 1 is 1.35 bits per heavy atom. The Kier molecular flexibility index (Phi) is 3.88. The van der Waals surface area contributed by atoms with Gasteiger partial charge in [0.2, 0.25) is 0 Å². The average molecular weight is 275 g/mol. The molecule has 2 atom stereocenters. The molecule has 3 heteroatoms. The second kappa shape index (κ2) is 5.65. The lowest BCUT2D eigenvalue weighted by atomic mass is 9.75. The van der Waals surface area contributed by atoms with Gasteiger partial charge in [0, 0.05) is 11.6 Å². The molecule has 1 aromatic rings. The first-order chi connectivity index (χ1) is 9.74. The normalized spacial score (nSPS) is 25.9. The van der Waals surface area contributed by atoms with Gasteiger partial charge in [-0.2, -0.15) is 0 Å². The minimum absolute atomic E-state index is 0.283. The molecule has 0 saturated carbocycles. The van der Waals surface area contributed by atoms with Crippen molar-refractivity contribution >= 4 is 0 Å². The van der Waals surface area contributed by atoms with Crippen LogP contribution in [0.3, 0.4) is 0 Å². The molecule has 1 fully saturated rings. The SMILES string of the molecule is CCCN1CCC[C@@H]2Cc3c(ccc(O)c3OC)C[C@H]21. The van der Waals surface area contributed by atoms with Crippen LogP contribution in [0, 0.1) is 5.92 Å². The summed E-state index contributed by atoms with van der Waals surface area (Å²) in [6, 6.07) is 4.55. The quantitative estimate of drug-likeness (QED) is 0.920. The maximum Gasteiger partial charge on any atom is 0.163 e. The van der Waals surface area contributed by atoms with Crippen LogP contribution in [-0.2, 0) is 12.8 Å². The Morgan fingerprint density at radius 3 is 2.95 bits per heavy atom. The van der Waals surface area contributed by atoms with Gasteiger partial charge in [-0.3, -0.25) is 4.90 Å². The molecule has 0 spiro atoms. The second-order valence-electron chi connectivity index (χ2n) is 6.17. The van der Waals surface area contributed by atoms with E-state index in [1.807, 2.05) is 0 Å². The van der Waals surface area contributed by atoms with E-state index < -0.39 is 0 Å². The first-order valence-electron chi connectivity index (χ1n) is 7.86. The minimum atomic E-state index is 0.283. The van der Waals surface area contributed by atoms with E-state index in [0.29, 0.717) is 11.8 Å². The number of phenols is 1. The smallest absolute Gasteiger partial charge is 0.163 e. The molecule has 1 heterocycles. The van der Waals surface area contributed by atoms with Gasteiger partial charge < -0.3 is 9.84 Å². The lowest BCUT2D eigenvalue weighted by Gasteiger charge is -2.45. The standard InChI is InChI=1S/C17H25NO2/c1-3-8-18-9-4-5-13-10-14-12(11-15(13)18)6-7-16(19)17(14)20-2/h6-7,13,15,19H,3-5,8-11H2,1-2H3/t13-,15-/m1/s1. The zero-order valence-electron chi connectivity index (χ0n) is 12.6. The van der Waals surface area contributed by atoms with Crippen molar-refractivity contribution in [2.75, 3.05) is 20.2 Å². The third-order valence-corrected chi connectivity index (χ3v) is 4.98. The molecule has 0 aromatic heterocycles. The summed E-state index contributed by atoms with van der Waals surface area (Å²) in [7, 11) is 1.66. The summed E-state index contributed by atoms with van der Waals surface area (Å²) in [6.07, 6.45) is 6.00. The number of hydrogen-bond donors (Lipinski definition) is 1. The molecule has 110 valence electrons. The van der Waals surface area contributed by atoms with Crippen molar-refractivity contribution in [1.82, 2.24) is 4.90 Å². The van der Waals surface area contributed by atoms with Crippen LogP contribution in [0.4, 0.5) is 0 Å². The molecule has 2 aliphatic rings. The van der Waals surface area contributed by atoms with Crippen LogP contribution in [0.15, 0.2) is 12.1 Å². The summed E-state index contributed by atoms with van der Waals surface area (Å²) in [5.41, 5.74) is 2.61. The number of hydrogen-bond acceptors (Lipinski definition) is 3. The molecule has 0 unspecified atom stereocenters. The van der Waals surface area contributed by atoms with Crippen molar-refractivity contribution in [1.29, 1.82) is 0 Å². The predicted octanol–water partition coefficient (Wildman–Crippen LogP) is 2.99. The summed E-state index contributed by atoms with van der Waals surface area (Å²) in [6.45, 7) is 4.73. The fourth-order valence-electron chi connectivity index (χ4n) is 4.10. The van der Waals surface area contributed by atoms with Crippen LogP contribution in [-0.4, -0.2) is 36.2 Å². The Morgan fingerprint density at radius 2 is 2.20 bits per heavy atom. The van der Waals surface area contributed by atoms with Crippen LogP contribution in [0.25, 0.3) is 0 Å². The Balaban J connectivity index is 1.92. The molecule has 1 aliphatic carbocycles. The van der Waals surface area contributed by atoms with E-state index in [1.165, 1.54) is 43.5 Å². The van der Waals surface area contributed by atoms with Gasteiger partial charge in [0.15, 0.2) is 11.5 Å². The van der Waals surface area contributed by atoms with Gasteiger partial charge in [-0.1, -0.05) is 13.0 Å². The molecule has 0 radical (unpaired) electrons. The van der Waals surface area contributed by atoms with Gasteiger partial charge in [0.1, 0.15) is 0 Å². The number of methoxy groups -OCH3 is 1. The average Bonchev–Trinajstić information content (AvgIpc) is 2.46. The Bertz CT molecular complexity index is 484. The number of ether oxygens (including phenoxy) is 1. The molecule has 0 bridgehead atoms. The van der Waals surface area contributed by atoms with E-state index in [9.17, 15) is 5.11 Å². The van der Waals surface area contributed by atoms with E-state index in [1.54, 1.807) is 13.2 Å². The third kappa shape index (κ3) is 2.28. The van der Waals surface area contributed by atoms with Crippen LogP contribution >= 0.6 is 0 Å². The third-order valence-electron chi connectivity index (χ3n) is 4.98. The van der Waals surface area contributed by atoms with Gasteiger partial charge in [-0.05, 0) is 62.7 Å². The molecule has 1 saturated heterocycles. The molecule has 1 aromatic carbocycles. The molecule has 1 N–H and O–H groups in total. The number of piperidine rings is 1. The Labute approximate surface area is 121 Å². The van der Waals surface area contributed by atoms with Crippen LogP contribution in [0.5, 0.6) is 11.5 Å². The molecule has 3 rings (SSSR count). The molecule has 1 aliphatic heterocycles. The van der Waals surface area contributed by atoms with E-state index >= 15 is 0 Å². The monoisotopic (exact) mass is 275 g/mol. The Hall–Kier alpha value is -1.22. The van der Waals surface area contributed by atoms with Crippen molar-refractivity contribution in [3.63, 3.8) is 0 Å². The summed E-state index contributed by atoms with van der Waals surface area (Å²) in [5, 5.41) is 9.96. The van der Waals surface area contributed by atoms with Crippen molar-refractivity contribution < 1.29 is 9.84 Å². The molecule has 20 heavy (non-hydrogen) atoms. The lowest BCUT2D eigenvalue weighted by Crippen LogP contribution is -2.49. The first-order valence-corrected chi connectivity index (χ1v) is 7.86. The van der Waals surface area contributed by atoms with Gasteiger partial charge in [-0.25, -0.2) is 0 Å². The van der Waals surface area contributed by atoms with Gasteiger partial charge in [-0.15, -0.1) is 0 Å². The molecule has 0 amide bonds. The number of likely N-dealkylation sites (tertiary alicyclic amines) is 1. The number of rotatable bonds is 3. The van der Waals surface area contributed by atoms with E-state index in [-0.39, 0.29) is 5.75 Å². The zero-order chi connectivity index (χ0) is 14.1. The molecule has 3 nitrogen and oxygen atoms in total. The van der Waals surface area contributed by atoms with Gasteiger partial charge in [0.05, 0.1) is 7.11 Å². The maximum absolute atomic E-state index is 9.96. The highest BCUT2D eigenvalue weighted by Crippen LogP contribution is 2.42. The van der Waals surface area contributed by atoms with Crippen molar-refractivity contribution in [3.8, 4) is 11.5 Å². The van der Waals surface area contributed by atoms with Gasteiger partial charge >= 0.3 is 0 Å². The van der Waals surface area contributed by atoms with E-state index in [4.69, 9.17) is 4.74 Å². The number of aromatic hydroxyl groups is 1. The molecular weight excluding hydrogens is 250 g/mol. The number of phenolic OH excluding ortho intramolecular Hbond substituents is 1. The topological polar surface area (TPSA) is 32.7 Å². The summed E-state index contributed by atoms with van der Waals surface area (Å²) in [5.74, 6) is 1.71. The first kappa shape index (κ1) is 13.7. The fraction of sp³-hybridized carbons (Fsp3) is 0.647.